The average Bonchev–Trinajstić information content (AvgIpc) is 2.33. The van der Waals surface area contributed by atoms with Crippen molar-refractivity contribution in [1.29, 1.82) is 0 Å². The van der Waals surface area contributed by atoms with Gasteiger partial charge >= 0.3 is 0 Å². The number of alkyl halides is 1. The third-order valence-electron chi connectivity index (χ3n) is 2.41. The standard InChI is InChI=1S/C13H10BrClFN/c14-12(8-10-3-1-2-6-17-10)11-7-9(15)4-5-13(11)16/h1-7,12H,8H2. The van der Waals surface area contributed by atoms with Crippen molar-refractivity contribution in [2.24, 2.45) is 0 Å². The average molecular weight is 315 g/mol. The molecule has 0 aliphatic carbocycles. The van der Waals surface area contributed by atoms with Crippen LogP contribution < -0.4 is 0 Å². The Morgan fingerprint density at radius 1 is 1.29 bits per heavy atom. The molecular weight excluding hydrogens is 305 g/mol. The molecule has 0 N–H and O–H groups in total. The van der Waals surface area contributed by atoms with Gasteiger partial charge in [0.15, 0.2) is 0 Å². The SMILES string of the molecule is Fc1ccc(Cl)cc1C(Br)Cc1ccccn1. The van der Waals surface area contributed by atoms with Gasteiger partial charge in [0.05, 0.1) is 0 Å². The minimum Gasteiger partial charge on any atom is -0.261 e. The van der Waals surface area contributed by atoms with Crippen molar-refractivity contribution in [3.8, 4) is 0 Å². The fraction of sp³-hybridized carbons (Fsp3) is 0.154. The Labute approximate surface area is 113 Å². The fourth-order valence-electron chi connectivity index (χ4n) is 1.57. The second kappa shape index (κ2) is 5.61. The van der Waals surface area contributed by atoms with Gasteiger partial charge in [-0.3, -0.25) is 4.98 Å². The maximum absolute atomic E-state index is 13.6. The maximum Gasteiger partial charge on any atom is 0.127 e. The Kier molecular flexibility index (Phi) is 4.13. The van der Waals surface area contributed by atoms with E-state index in [9.17, 15) is 4.39 Å². The van der Waals surface area contributed by atoms with Crippen LogP contribution in [0.1, 0.15) is 16.1 Å². The van der Waals surface area contributed by atoms with Crippen LogP contribution in [0.2, 0.25) is 5.02 Å². The summed E-state index contributed by atoms with van der Waals surface area (Å²) >= 11 is 9.33. The molecule has 1 atom stereocenters. The van der Waals surface area contributed by atoms with Crippen molar-refractivity contribution in [3.05, 3.63) is 64.7 Å². The molecule has 4 heteroatoms. The van der Waals surface area contributed by atoms with E-state index in [0.717, 1.165) is 5.69 Å². The monoisotopic (exact) mass is 313 g/mol. The number of pyridine rings is 1. The first-order valence-corrected chi connectivity index (χ1v) is 6.45. The third-order valence-corrected chi connectivity index (χ3v) is 3.46. The lowest BCUT2D eigenvalue weighted by molar-refractivity contribution is 0.607. The topological polar surface area (TPSA) is 12.9 Å². The van der Waals surface area contributed by atoms with Crippen LogP contribution in [0.5, 0.6) is 0 Å². The summed E-state index contributed by atoms with van der Waals surface area (Å²) in [4.78, 5) is 4.08. The highest BCUT2D eigenvalue weighted by Crippen LogP contribution is 2.30. The van der Waals surface area contributed by atoms with Crippen LogP contribution in [0, 0.1) is 5.82 Å². The van der Waals surface area contributed by atoms with E-state index in [-0.39, 0.29) is 10.6 Å². The van der Waals surface area contributed by atoms with Crippen molar-refractivity contribution in [1.82, 2.24) is 4.98 Å². The van der Waals surface area contributed by atoms with Crippen LogP contribution in [0.3, 0.4) is 0 Å². The number of rotatable bonds is 3. The highest BCUT2D eigenvalue weighted by Gasteiger charge is 2.14. The van der Waals surface area contributed by atoms with Gasteiger partial charge in [-0.05, 0) is 30.3 Å². The molecule has 1 aromatic heterocycles. The molecule has 0 amide bonds. The molecule has 2 rings (SSSR count). The number of halogens is 3. The summed E-state index contributed by atoms with van der Waals surface area (Å²) in [7, 11) is 0. The van der Waals surface area contributed by atoms with Gasteiger partial charge in [0.25, 0.3) is 0 Å². The van der Waals surface area contributed by atoms with E-state index >= 15 is 0 Å². The minimum atomic E-state index is -0.257. The largest absolute Gasteiger partial charge is 0.261 e. The van der Waals surface area contributed by atoms with Gasteiger partial charge in [-0.1, -0.05) is 33.6 Å². The normalized spacial score (nSPS) is 12.4. The fourth-order valence-corrected chi connectivity index (χ4v) is 2.43. The first-order chi connectivity index (χ1) is 8.16. The lowest BCUT2D eigenvalue weighted by Crippen LogP contribution is -2.00. The molecule has 0 radical (unpaired) electrons. The highest BCUT2D eigenvalue weighted by molar-refractivity contribution is 9.09. The van der Waals surface area contributed by atoms with Crippen LogP contribution in [-0.4, -0.2) is 4.98 Å². The van der Waals surface area contributed by atoms with Crippen molar-refractivity contribution < 1.29 is 4.39 Å². The zero-order chi connectivity index (χ0) is 12.3. The van der Waals surface area contributed by atoms with Crippen LogP contribution in [0.4, 0.5) is 4.39 Å². The van der Waals surface area contributed by atoms with Gasteiger partial charge in [-0.2, -0.15) is 0 Å². The Balaban J connectivity index is 2.20. The van der Waals surface area contributed by atoms with E-state index in [1.807, 2.05) is 18.2 Å². The summed E-state index contributed by atoms with van der Waals surface area (Å²) < 4.78 is 13.6. The zero-order valence-corrected chi connectivity index (χ0v) is 11.2. The summed E-state index contributed by atoms with van der Waals surface area (Å²) in [5, 5.41) is 0.534. The molecule has 0 saturated carbocycles. The summed E-state index contributed by atoms with van der Waals surface area (Å²) in [5.41, 5.74) is 1.47. The summed E-state index contributed by atoms with van der Waals surface area (Å²) in [6.07, 6.45) is 2.35. The molecular formula is C13H10BrClFN. The van der Waals surface area contributed by atoms with Crippen LogP contribution >= 0.6 is 27.5 Å². The number of aromatic nitrogens is 1. The Bertz CT molecular complexity index is 504. The summed E-state index contributed by atoms with van der Waals surface area (Å²) in [5.74, 6) is -0.257. The van der Waals surface area contributed by atoms with Gasteiger partial charge in [0, 0.05) is 33.7 Å². The number of hydrogen-bond donors (Lipinski definition) is 0. The molecule has 1 aromatic carbocycles. The van der Waals surface area contributed by atoms with Crippen molar-refractivity contribution in [3.63, 3.8) is 0 Å². The molecule has 1 heterocycles. The number of benzene rings is 1. The summed E-state index contributed by atoms with van der Waals surface area (Å²) in [6, 6.07) is 10.2. The van der Waals surface area contributed by atoms with Crippen LogP contribution in [-0.2, 0) is 6.42 Å². The molecule has 0 fully saturated rings. The first-order valence-electron chi connectivity index (χ1n) is 5.16. The Morgan fingerprint density at radius 2 is 2.12 bits per heavy atom. The highest BCUT2D eigenvalue weighted by atomic mass is 79.9. The maximum atomic E-state index is 13.6. The molecule has 1 unspecified atom stereocenters. The van der Waals surface area contributed by atoms with Crippen LogP contribution in [0.15, 0.2) is 42.6 Å². The van der Waals surface area contributed by atoms with Crippen LogP contribution in [0.25, 0.3) is 0 Å². The predicted molar refractivity (Wildman–Crippen MR) is 71.0 cm³/mol. The molecule has 0 aliphatic heterocycles. The molecule has 0 saturated heterocycles. The van der Waals surface area contributed by atoms with Gasteiger partial charge in [-0.15, -0.1) is 0 Å². The zero-order valence-electron chi connectivity index (χ0n) is 8.91. The first kappa shape index (κ1) is 12.5. The van der Waals surface area contributed by atoms with Crippen molar-refractivity contribution in [2.45, 2.75) is 11.2 Å². The Hall–Kier alpha value is -0.930. The van der Waals surface area contributed by atoms with E-state index in [1.165, 1.54) is 6.07 Å². The molecule has 0 spiro atoms. The predicted octanol–water partition coefficient (Wildman–Crippen LogP) is 4.55. The minimum absolute atomic E-state index is 0.129. The van der Waals surface area contributed by atoms with Gasteiger partial charge in [0.1, 0.15) is 5.82 Å². The quantitative estimate of drug-likeness (QED) is 0.757. The number of nitrogens with zero attached hydrogens (tertiary/aromatic N) is 1. The lowest BCUT2D eigenvalue weighted by Gasteiger charge is -2.11. The summed E-state index contributed by atoms with van der Waals surface area (Å²) in [6.45, 7) is 0. The molecule has 2 aromatic rings. The molecule has 0 aliphatic rings. The van der Waals surface area contributed by atoms with Gasteiger partial charge < -0.3 is 0 Å². The van der Waals surface area contributed by atoms with E-state index in [0.29, 0.717) is 17.0 Å². The van der Waals surface area contributed by atoms with Crippen molar-refractivity contribution >= 4 is 27.5 Å². The second-order valence-electron chi connectivity index (χ2n) is 3.66. The van der Waals surface area contributed by atoms with E-state index in [4.69, 9.17) is 11.6 Å². The van der Waals surface area contributed by atoms with Crippen molar-refractivity contribution in [2.75, 3.05) is 0 Å². The number of hydrogen-bond acceptors (Lipinski definition) is 1. The molecule has 1 nitrogen and oxygen atoms in total. The third kappa shape index (κ3) is 3.27. The molecule has 88 valence electrons. The molecule has 0 bridgehead atoms. The smallest absolute Gasteiger partial charge is 0.127 e. The lowest BCUT2D eigenvalue weighted by atomic mass is 10.1. The second-order valence-corrected chi connectivity index (χ2v) is 5.20. The van der Waals surface area contributed by atoms with Gasteiger partial charge in [-0.25, -0.2) is 4.39 Å². The van der Waals surface area contributed by atoms with E-state index in [1.54, 1.807) is 18.3 Å². The molecule has 17 heavy (non-hydrogen) atoms. The van der Waals surface area contributed by atoms with Gasteiger partial charge in [0.2, 0.25) is 0 Å². The van der Waals surface area contributed by atoms with E-state index < -0.39 is 0 Å². The van der Waals surface area contributed by atoms with E-state index in [2.05, 4.69) is 20.9 Å². The Morgan fingerprint density at radius 3 is 2.82 bits per heavy atom.